The molecule has 2 aromatic rings. The first kappa shape index (κ1) is 14.4. The summed E-state index contributed by atoms with van der Waals surface area (Å²) in [5.41, 5.74) is 4.16. The molecule has 0 bridgehead atoms. The summed E-state index contributed by atoms with van der Waals surface area (Å²) in [6.07, 6.45) is 0. The van der Waals surface area contributed by atoms with Crippen molar-refractivity contribution in [3.8, 4) is 5.75 Å². The Kier molecular flexibility index (Phi) is 3.71. The summed E-state index contributed by atoms with van der Waals surface area (Å²) in [6, 6.07) is 3.79. The molecule has 0 amide bonds. The first-order chi connectivity index (χ1) is 9.36. The van der Waals surface area contributed by atoms with Gasteiger partial charge >= 0.3 is 0 Å². The predicted molar refractivity (Wildman–Crippen MR) is 78.8 cm³/mol. The average Bonchev–Trinajstić information content (AvgIpc) is 2.65. The van der Waals surface area contributed by atoms with E-state index in [9.17, 15) is 4.79 Å². The van der Waals surface area contributed by atoms with E-state index < -0.39 is 0 Å². The zero-order valence-corrected chi connectivity index (χ0v) is 12.9. The van der Waals surface area contributed by atoms with E-state index in [0.717, 1.165) is 28.2 Å². The van der Waals surface area contributed by atoms with Gasteiger partial charge in [-0.05, 0) is 57.9 Å². The van der Waals surface area contributed by atoms with Gasteiger partial charge in [0, 0.05) is 11.1 Å². The van der Waals surface area contributed by atoms with Crippen molar-refractivity contribution in [1.82, 2.24) is 0 Å². The van der Waals surface area contributed by atoms with Crippen LogP contribution in [0.2, 0.25) is 0 Å². The van der Waals surface area contributed by atoms with Gasteiger partial charge in [0.1, 0.15) is 17.3 Å². The largest absolute Gasteiger partial charge is 0.496 e. The molecule has 0 N–H and O–H groups in total. The zero-order chi connectivity index (χ0) is 15.0. The van der Waals surface area contributed by atoms with Crippen LogP contribution in [0.4, 0.5) is 0 Å². The summed E-state index contributed by atoms with van der Waals surface area (Å²) in [4.78, 5) is 12.8. The molecule has 3 nitrogen and oxygen atoms in total. The highest BCUT2D eigenvalue weighted by molar-refractivity contribution is 6.11. The third kappa shape index (κ3) is 2.24. The van der Waals surface area contributed by atoms with Crippen molar-refractivity contribution in [3.63, 3.8) is 0 Å². The summed E-state index contributed by atoms with van der Waals surface area (Å²) in [7, 11) is 1.64. The molecule has 20 heavy (non-hydrogen) atoms. The van der Waals surface area contributed by atoms with Crippen LogP contribution in [0.25, 0.3) is 0 Å². The van der Waals surface area contributed by atoms with Crippen molar-refractivity contribution >= 4 is 5.78 Å². The Bertz CT molecular complexity index is 678. The maximum atomic E-state index is 12.8. The molecule has 1 heterocycles. The number of carbonyl (C=O) groups is 1. The van der Waals surface area contributed by atoms with Gasteiger partial charge in [0.15, 0.2) is 5.78 Å². The first-order valence-corrected chi connectivity index (χ1v) is 6.63. The molecule has 2 rings (SSSR count). The van der Waals surface area contributed by atoms with Crippen molar-refractivity contribution in [2.75, 3.05) is 7.11 Å². The van der Waals surface area contributed by atoms with Crippen molar-refractivity contribution in [2.45, 2.75) is 34.6 Å². The number of benzene rings is 1. The van der Waals surface area contributed by atoms with Crippen LogP contribution in [0.3, 0.4) is 0 Å². The summed E-state index contributed by atoms with van der Waals surface area (Å²) < 4.78 is 10.8. The summed E-state index contributed by atoms with van der Waals surface area (Å²) >= 11 is 0. The van der Waals surface area contributed by atoms with E-state index in [1.807, 2.05) is 46.8 Å². The van der Waals surface area contributed by atoms with Gasteiger partial charge < -0.3 is 9.15 Å². The fraction of sp³-hybridized carbons (Fsp3) is 0.353. The zero-order valence-electron chi connectivity index (χ0n) is 12.9. The number of ketones is 1. The highest BCUT2D eigenvalue weighted by Gasteiger charge is 2.22. The molecule has 0 unspecified atom stereocenters. The van der Waals surface area contributed by atoms with E-state index in [2.05, 4.69) is 0 Å². The van der Waals surface area contributed by atoms with E-state index in [4.69, 9.17) is 9.15 Å². The Morgan fingerprint density at radius 3 is 2.15 bits per heavy atom. The van der Waals surface area contributed by atoms with Crippen molar-refractivity contribution in [1.29, 1.82) is 0 Å². The van der Waals surface area contributed by atoms with Gasteiger partial charge in [0.25, 0.3) is 0 Å². The second-order valence-electron chi connectivity index (χ2n) is 5.18. The number of carbonyl (C=O) groups excluding carboxylic acids is 1. The van der Waals surface area contributed by atoms with Crippen LogP contribution in [-0.4, -0.2) is 12.9 Å². The van der Waals surface area contributed by atoms with Gasteiger partial charge in [-0.1, -0.05) is 0 Å². The maximum absolute atomic E-state index is 12.8. The number of furan rings is 1. The summed E-state index contributed by atoms with van der Waals surface area (Å²) in [5, 5.41) is 0. The van der Waals surface area contributed by atoms with Crippen LogP contribution >= 0.6 is 0 Å². The van der Waals surface area contributed by atoms with Gasteiger partial charge in [-0.3, -0.25) is 4.79 Å². The fourth-order valence-electron chi connectivity index (χ4n) is 2.52. The topological polar surface area (TPSA) is 39.4 Å². The monoisotopic (exact) mass is 272 g/mol. The van der Waals surface area contributed by atoms with Crippen LogP contribution in [0.5, 0.6) is 5.75 Å². The van der Waals surface area contributed by atoms with E-state index in [1.54, 1.807) is 7.11 Å². The highest BCUT2D eigenvalue weighted by atomic mass is 16.5. The number of ether oxygens (including phenoxy) is 1. The van der Waals surface area contributed by atoms with E-state index in [0.29, 0.717) is 16.9 Å². The van der Waals surface area contributed by atoms with Crippen LogP contribution in [0.1, 0.15) is 44.1 Å². The molecule has 1 aromatic heterocycles. The molecule has 0 aliphatic carbocycles. The number of aryl methyl sites for hydroxylation is 4. The number of rotatable bonds is 3. The highest BCUT2D eigenvalue weighted by Crippen LogP contribution is 2.28. The molecule has 0 saturated carbocycles. The van der Waals surface area contributed by atoms with E-state index >= 15 is 0 Å². The lowest BCUT2D eigenvalue weighted by molar-refractivity contribution is 0.103. The van der Waals surface area contributed by atoms with Crippen LogP contribution in [0, 0.1) is 34.6 Å². The van der Waals surface area contributed by atoms with Crippen LogP contribution in [-0.2, 0) is 0 Å². The van der Waals surface area contributed by atoms with Crippen LogP contribution < -0.4 is 4.74 Å². The Hall–Kier alpha value is -2.03. The molecule has 0 saturated heterocycles. The van der Waals surface area contributed by atoms with Crippen molar-refractivity contribution in [2.24, 2.45) is 0 Å². The molecule has 0 radical (unpaired) electrons. The Morgan fingerprint density at radius 2 is 1.65 bits per heavy atom. The summed E-state index contributed by atoms with van der Waals surface area (Å²) in [6.45, 7) is 9.50. The molecule has 1 aromatic carbocycles. The maximum Gasteiger partial charge on any atom is 0.197 e. The molecule has 3 heteroatoms. The Morgan fingerprint density at radius 1 is 1.00 bits per heavy atom. The Balaban J connectivity index is 2.57. The number of methoxy groups -OCH3 is 1. The lowest BCUT2D eigenvalue weighted by Crippen LogP contribution is -2.07. The molecular formula is C17H20O3. The first-order valence-electron chi connectivity index (χ1n) is 6.63. The number of hydrogen-bond donors (Lipinski definition) is 0. The van der Waals surface area contributed by atoms with Crippen molar-refractivity contribution < 1.29 is 13.9 Å². The fourth-order valence-corrected chi connectivity index (χ4v) is 2.52. The van der Waals surface area contributed by atoms with Crippen LogP contribution in [0.15, 0.2) is 16.5 Å². The molecule has 0 spiro atoms. The minimum atomic E-state index is 0.0140. The predicted octanol–water partition coefficient (Wildman–Crippen LogP) is 4.06. The van der Waals surface area contributed by atoms with Gasteiger partial charge in [0.2, 0.25) is 0 Å². The van der Waals surface area contributed by atoms with Gasteiger partial charge in [0.05, 0.1) is 12.7 Å². The normalized spacial score (nSPS) is 10.7. The summed E-state index contributed by atoms with van der Waals surface area (Å²) in [5.74, 6) is 2.29. The third-order valence-electron chi connectivity index (χ3n) is 3.77. The van der Waals surface area contributed by atoms with Gasteiger partial charge in [-0.2, -0.15) is 0 Å². The standard InChI is InChI=1S/C17H20O3/c1-9-8-15(19-6)10(2)7-14(9)17(18)16-11(3)12(4)20-13(16)5/h7-8H,1-6H3. The quantitative estimate of drug-likeness (QED) is 0.791. The average molecular weight is 272 g/mol. The smallest absolute Gasteiger partial charge is 0.197 e. The molecule has 0 atom stereocenters. The molecule has 0 fully saturated rings. The van der Waals surface area contributed by atoms with E-state index in [-0.39, 0.29) is 5.78 Å². The minimum absolute atomic E-state index is 0.0140. The van der Waals surface area contributed by atoms with Crippen molar-refractivity contribution in [3.05, 3.63) is 51.5 Å². The Labute approximate surface area is 119 Å². The third-order valence-corrected chi connectivity index (χ3v) is 3.77. The lowest BCUT2D eigenvalue weighted by Gasteiger charge is -2.10. The van der Waals surface area contributed by atoms with Gasteiger partial charge in [-0.15, -0.1) is 0 Å². The van der Waals surface area contributed by atoms with E-state index in [1.165, 1.54) is 0 Å². The van der Waals surface area contributed by atoms with Gasteiger partial charge in [-0.25, -0.2) is 0 Å². The molecule has 0 aliphatic heterocycles. The molecule has 0 aliphatic rings. The SMILES string of the molecule is COc1cc(C)c(C(=O)c2c(C)oc(C)c2C)cc1C. The molecule has 106 valence electrons. The minimum Gasteiger partial charge on any atom is -0.496 e. The lowest BCUT2D eigenvalue weighted by atomic mass is 9.94. The second-order valence-corrected chi connectivity index (χ2v) is 5.18. The number of hydrogen-bond acceptors (Lipinski definition) is 3. The second kappa shape index (κ2) is 5.16. The molecular weight excluding hydrogens is 252 g/mol.